The van der Waals surface area contributed by atoms with Crippen molar-refractivity contribution in [2.75, 3.05) is 12.4 Å². The van der Waals surface area contributed by atoms with E-state index in [1.54, 1.807) is 31.4 Å². The van der Waals surface area contributed by atoms with Crippen molar-refractivity contribution < 1.29 is 9.90 Å². The molecule has 0 spiro atoms. The second kappa shape index (κ2) is 5.71. The SMILES string of the molecule is Cc1cnc(NC(=O)N(C)Cc2ccccc2O)s1. The summed E-state index contributed by atoms with van der Waals surface area (Å²) in [6.07, 6.45) is 1.71. The third-order valence-corrected chi connectivity index (χ3v) is 3.41. The number of urea groups is 1. The van der Waals surface area contributed by atoms with Crippen LogP contribution in [0.25, 0.3) is 0 Å². The molecule has 0 aliphatic heterocycles. The van der Waals surface area contributed by atoms with E-state index in [1.807, 2.05) is 13.0 Å². The minimum absolute atomic E-state index is 0.187. The topological polar surface area (TPSA) is 65.5 Å². The van der Waals surface area contributed by atoms with Crippen LogP contribution in [-0.2, 0) is 6.54 Å². The van der Waals surface area contributed by atoms with Gasteiger partial charge in [0.1, 0.15) is 5.75 Å². The van der Waals surface area contributed by atoms with Gasteiger partial charge in [-0.05, 0) is 13.0 Å². The van der Waals surface area contributed by atoms with Crippen LogP contribution in [0.3, 0.4) is 0 Å². The number of amides is 2. The zero-order valence-electron chi connectivity index (χ0n) is 10.8. The van der Waals surface area contributed by atoms with E-state index in [4.69, 9.17) is 0 Å². The maximum absolute atomic E-state index is 11.9. The lowest BCUT2D eigenvalue weighted by Crippen LogP contribution is -2.30. The molecule has 0 saturated heterocycles. The Kier molecular flexibility index (Phi) is 4.01. The van der Waals surface area contributed by atoms with Gasteiger partial charge in [0.05, 0.1) is 6.54 Å². The van der Waals surface area contributed by atoms with Gasteiger partial charge in [-0.15, -0.1) is 11.3 Å². The van der Waals surface area contributed by atoms with Crippen LogP contribution < -0.4 is 5.32 Å². The molecular formula is C13H15N3O2S. The normalized spacial score (nSPS) is 10.2. The molecule has 19 heavy (non-hydrogen) atoms. The Morgan fingerprint density at radius 1 is 1.47 bits per heavy atom. The summed E-state index contributed by atoms with van der Waals surface area (Å²) in [6.45, 7) is 2.27. The number of aryl methyl sites for hydroxylation is 1. The van der Waals surface area contributed by atoms with Crippen LogP contribution in [0.5, 0.6) is 5.75 Å². The molecule has 2 N–H and O–H groups in total. The highest BCUT2D eigenvalue weighted by molar-refractivity contribution is 7.15. The molecule has 2 aromatic rings. The highest BCUT2D eigenvalue weighted by atomic mass is 32.1. The quantitative estimate of drug-likeness (QED) is 0.906. The van der Waals surface area contributed by atoms with Crippen molar-refractivity contribution in [1.29, 1.82) is 0 Å². The largest absolute Gasteiger partial charge is 0.508 e. The van der Waals surface area contributed by atoms with Crippen LogP contribution in [0.15, 0.2) is 30.5 Å². The number of hydrogen-bond donors (Lipinski definition) is 2. The Morgan fingerprint density at radius 2 is 2.21 bits per heavy atom. The van der Waals surface area contributed by atoms with Crippen LogP contribution in [0.4, 0.5) is 9.93 Å². The lowest BCUT2D eigenvalue weighted by molar-refractivity contribution is 0.220. The zero-order valence-corrected chi connectivity index (χ0v) is 11.6. The number of thiazole rings is 1. The van der Waals surface area contributed by atoms with Gasteiger partial charge in [0.2, 0.25) is 0 Å². The molecular weight excluding hydrogens is 262 g/mol. The lowest BCUT2D eigenvalue weighted by Gasteiger charge is -2.17. The molecule has 100 valence electrons. The molecule has 2 amide bonds. The summed E-state index contributed by atoms with van der Waals surface area (Å²) in [5, 5.41) is 13.0. The predicted molar refractivity (Wildman–Crippen MR) is 75.4 cm³/mol. The number of nitrogens with one attached hydrogen (secondary N) is 1. The molecule has 0 atom stereocenters. The number of carbonyl (C=O) groups is 1. The number of nitrogens with zero attached hydrogens (tertiary/aromatic N) is 2. The molecule has 6 heteroatoms. The Hall–Kier alpha value is -2.08. The highest BCUT2D eigenvalue weighted by Gasteiger charge is 2.12. The Balaban J connectivity index is 1.98. The van der Waals surface area contributed by atoms with Crippen molar-refractivity contribution in [3.63, 3.8) is 0 Å². The van der Waals surface area contributed by atoms with Gasteiger partial charge in [0, 0.05) is 23.7 Å². The Bertz CT molecular complexity index is 583. The number of para-hydroxylation sites is 1. The predicted octanol–water partition coefficient (Wildman–Crippen LogP) is 2.82. The number of phenols is 1. The first-order valence-corrected chi connectivity index (χ1v) is 6.59. The van der Waals surface area contributed by atoms with Crippen molar-refractivity contribution in [3.05, 3.63) is 40.9 Å². The summed E-state index contributed by atoms with van der Waals surface area (Å²) in [6, 6.07) is 6.71. The molecule has 1 heterocycles. The Labute approximate surface area is 115 Å². The highest BCUT2D eigenvalue weighted by Crippen LogP contribution is 2.19. The Morgan fingerprint density at radius 3 is 2.84 bits per heavy atom. The van der Waals surface area contributed by atoms with Crippen LogP contribution in [-0.4, -0.2) is 28.1 Å². The zero-order chi connectivity index (χ0) is 13.8. The van der Waals surface area contributed by atoms with Crippen molar-refractivity contribution in [3.8, 4) is 5.75 Å². The number of phenolic OH excluding ortho intramolecular Hbond substituents is 1. The number of anilines is 1. The van der Waals surface area contributed by atoms with Gasteiger partial charge in [0.25, 0.3) is 0 Å². The number of rotatable bonds is 3. The summed E-state index contributed by atoms with van der Waals surface area (Å²) in [7, 11) is 1.67. The molecule has 0 bridgehead atoms. The third-order valence-electron chi connectivity index (χ3n) is 2.58. The van der Waals surface area contributed by atoms with E-state index < -0.39 is 0 Å². The van der Waals surface area contributed by atoms with Crippen molar-refractivity contribution >= 4 is 22.5 Å². The fourth-order valence-corrected chi connectivity index (χ4v) is 2.23. The van der Waals surface area contributed by atoms with Gasteiger partial charge in [0.15, 0.2) is 5.13 Å². The smallest absolute Gasteiger partial charge is 0.323 e. The molecule has 0 aliphatic carbocycles. The summed E-state index contributed by atoms with van der Waals surface area (Å²) >= 11 is 1.42. The second-order valence-electron chi connectivity index (χ2n) is 4.19. The maximum atomic E-state index is 11.9. The first-order chi connectivity index (χ1) is 9.06. The van der Waals surface area contributed by atoms with E-state index >= 15 is 0 Å². The standard InChI is InChI=1S/C13H15N3O2S/c1-9-7-14-12(19-9)15-13(18)16(2)8-10-5-3-4-6-11(10)17/h3-7,17H,8H2,1-2H3,(H,14,15,18). The fraction of sp³-hybridized carbons (Fsp3) is 0.231. The van der Waals surface area contributed by atoms with Gasteiger partial charge >= 0.3 is 6.03 Å². The maximum Gasteiger partial charge on any atom is 0.323 e. The van der Waals surface area contributed by atoms with E-state index in [0.29, 0.717) is 17.2 Å². The van der Waals surface area contributed by atoms with Crippen molar-refractivity contribution in [1.82, 2.24) is 9.88 Å². The number of aromatic nitrogens is 1. The molecule has 0 radical (unpaired) electrons. The molecule has 0 unspecified atom stereocenters. The van der Waals surface area contributed by atoms with Crippen LogP contribution >= 0.6 is 11.3 Å². The molecule has 1 aromatic heterocycles. The summed E-state index contributed by atoms with van der Waals surface area (Å²) in [5.41, 5.74) is 0.704. The van der Waals surface area contributed by atoms with Crippen molar-refractivity contribution in [2.45, 2.75) is 13.5 Å². The third kappa shape index (κ3) is 3.45. The number of benzene rings is 1. The number of carbonyl (C=O) groups excluding carboxylic acids is 1. The van der Waals surface area contributed by atoms with Gasteiger partial charge in [-0.25, -0.2) is 9.78 Å². The molecule has 2 rings (SSSR count). The average Bonchev–Trinajstić information content (AvgIpc) is 2.77. The summed E-state index contributed by atoms with van der Waals surface area (Å²) in [4.78, 5) is 18.5. The van der Waals surface area contributed by atoms with Crippen molar-refractivity contribution in [2.24, 2.45) is 0 Å². The molecule has 1 aromatic carbocycles. The number of hydrogen-bond acceptors (Lipinski definition) is 4. The fourth-order valence-electron chi connectivity index (χ4n) is 1.57. The lowest BCUT2D eigenvalue weighted by atomic mass is 10.2. The minimum Gasteiger partial charge on any atom is -0.508 e. The van der Waals surface area contributed by atoms with E-state index in [9.17, 15) is 9.90 Å². The minimum atomic E-state index is -0.252. The monoisotopic (exact) mass is 277 g/mol. The van der Waals surface area contributed by atoms with Gasteiger partial charge in [-0.2, -0.15) is 0 Å². The molecule has 0 aliphatic rings. The second-order valence-corrected chi connectivity index (χ2v) is 5.43. The molecule has 5 nitrogen and oxygen atoms in total. The van der Waals surface area contributed by atoms with Gasteiger partial charge < -0.3 is 10.0 Å². The van der Waals surface area contributed by atoms with Gasteiger partial charge in [-0.3, -0.25) is 5.32 Å². The van der Waals surface area contributed by atoms with E-state index in [-0.39, 0.29) is 11.8 Å². The molecule has 0 saturated carbocycles. The van der Waals surface area contributed by atoms with E-state index in [0.717, 1.165) is 4.88 Å². The van der Waals surface area contributed by atoms with E-state index in [1.165, 1.54) is 16.2 Å². The number of aromatic hydroxyl groups is 1. The van der Waals surface area contributed by atoms with Crippen LogP contribution in [0, 0.1) is 6.92 Å². The van der Waals surface area contributed by atoms with Crippen LogP contribution in [0.1, 0.15) is 10.4 Å². The summed E-state index contributed by atoms with van der Waals surface area (Å²) in [5.74, 6) is 0.187. The van der Waals surface area contributed by atoms with E-state index in [2.05, 4.69) is 10.3 Å². The summed E-state index contributed by atoms with van der Waals surface area (Å²) < 4.78 is 0. The average molecular weight is 277 g/mol. The molecule has 0 fully saturated rings. The first kappa shape index (κ1) is 13.4. The first-order valence-electron chi connectivity index (χ1n) is 5.77. The van der Waals surface area contributed by atoms with Gasteiger partial charge in [-0.1, -0.05) is 18.2 Å². The van der Waals surface area contributed by atoms with Crippen LogP contribution in [0.2, 0.25) is 0 Å².